The summed E-state index contributed by atoms with van der Waals surface area (Å²) in [6, 6.07) is 17.0. The molecule has 0 spiro atoms. The maximum Gasteiger partial charge on any atom is 0.270 e. The van der Waals surface area contributed by atoms with Crippen LogP contribution < -0.4 is 16.3 Å². The van der Waals surface area contributed by atoms with Crippen molar-refractivity contribution in [1.82, 2.24) is 14.8 Å². The SMILES string of the molecule is Cc1ccccc1C(=O)N/C(=C\c1coc2ccc(Cl)cc2c1=O)C(=O)N1CC2CC(C1)c1cccc(=O)n1C2. The molecule has 0 radical (unpaired) electrons. The van der Waals surface area contributed by atoms with Crippen molar-refractivity contribution in [2.24, 2.45) is 5.92 Å². The first-order valence-corrected chi connectivity index (χ1v) is 13.4. The molecule has 2 bridgehead atoms. The minimum atomic E-state index is -0.458. The Bertz CT molecular complexity index is 1820. The molecule has 1 fully saturated rings. The number of amides is 2. The number of halogens is 1. The van der Waals surface area contributed by atoms with Crippen LogP contribution in [0.2, 0.25) is 5.02 Å². The average Bonchev–Trinajstić information content (AvgIpc) is 2.94. The van der Waals surface area contributed by atoms with Gasteiger partial charge in [0, 0.05) is 47.9 Å². The van der Waals surface area contributed by atoms with Gasteiger partial charge in [0.15, 0.2) is 5.43 Å². The molecule has 2 aliphatic heterocycles. The van der Waals surface area contributed by atoms with Crippen LogP contribution in [-0.4, -0.2) is 34.4 Å². The Kier molecular flexibility index (Phi) is 6.64. The monoisotopic (exact) mass is 555 g/mol. The van der Waals surface area contributed by atoms with E-state index in [0.717, 1.165) is 17.7 Å². The van der Waals surface area contributed by atoms with E-state index in [9.17, 15) is 19.2 Å². The van der Waals surface area contributed by atoms with E-state index < -0.39 is 11.8 Å². The molecule has 4 aromatic rings. The van der Waals surface area contributed by atoms with Gasteiger partial charge >= 0.3 is 0 Å². The van der Waals surface area contributed by atoms with Crippen LogP contribution in [0, 0.1) is 12.8 Å². The summed E-state index contributed by atoms with van der Waals surface area (Å²) in [6.45, 7) is 3.15. The molecular formula is C31H26ClN3O5. The molecule has 1 N–H and O–H groups in total. The number of fused-ring (bicyclic) bond motifs is 5. The quantitative estimate of drug-likeness (QED) is 0.378. The predicted octanol–water partition coefficient (Wildman–Crippen LogP) is 4.33. The smallest absolute Gasteiger partial charge is 0.270 e. The van der Waals surface area contributed by atoms with Crippen molar-refractivity contribution in [3.63, 3.8) is 0 Å². The Labute approximate surface area is 234 Å². The largest absolute Gasteiger partial charge is 0.463 e. The zero-order chi connectivity index (χ0) is 28.0. The summed E-state index contributed by atoms with van der Waals surface area (Å²) in [6.07, 6.45) is 3.52. The number of carbonyl (C=O) groups excluding carboxylic acids is 2. The summed E-state index contributed by atoms with van der Waals surface area (Å²) >= 11 is 6.11. The van der Waals surface area contributed by atoms with Crippen LogP contribution in [0.3, 0.4) is 0 Å². The summed E-state index contributed by atoms with van der Waals surface area (Å²) in [7, 11) is 0. The molecule has 2 unspecified atom stereocenters. The van der Waals surface area contributed by atoms with Crippen molar-refractivity contribution < 1.29 is 14.0 Å². The number of hydrogen-bond acceptors (Lipinski definition) is 5. The van der Waals surface area contributed by atoms with Gasteiger partial charge in [-0.05, 0) is 61.2 Å². The highest BCUT2D eigenvalue weighted by Crippen LogP contribution is 2.35. The van der Waals surface area contributed by atoms with Crippen molar-refractivity contribution in [3.05, 3.63) is 121 Å². The van der Waals surface area contributed by atoms with Crippen LogP contribution in [0.25, 0.3) is 17.0 Å². The molecule has 1 saturated heterocycles. The molecule has 0 aliphatic carbocycles. The minimum absolute atomic E-state index is 0.00782. The van der Waals surface area contributed by atoms with Gasteiger partial charge in [0.05, 0.1) is 10.9 Å². The number of hydrogen-bond donors (Lipinski definition) is 1. The fourth-order valence-corrected chi connectivity index (χ4v) is 5.95. The lowest BCUT2D eigenvalue weighted by atomic mass is 9.83. The lowest BCUT2D eigenvalue weighted by Gasteiger charge is -2.43. The number of benzene rings is 2. The number of pyridine rings is 1. The summed E-state index contributed by atoms with van der Waals surface area (Å²) in [4.78, 5) is 54.8. The van der Waals surface area contributed by atoms with Crippen LogP contribution in [0.1, 0.15) is 39.5 Å². The summed E-state index contributed by atoms with van der Waals surface area (Å²) in [5, 5.41) is 3.42. The third-order valence-corrected chi connectivity index (χ3v) is 7.93. The molecule has 2 aromatic heterocycles. The highest BCUT2D eigenvalue weighted by Gasteiger charge is 2.37. The minimum Gasteiger partial charge on any atom is -0.463 e. The number of nitrogens with zero attached hydrogens (tertiary/aromatic N) is 2. The van der Waals surface area contributed by atoms with E-state index in [1.165, 1.54) is 18.4 Å². The Balaban J connectivity index is 1.39. The molecule has 4 heterocycles. The molecule has 9 heteroatoms. The molecule has 40 heavy (non-hydrogen) atoms. The van der Waals surface area contributed by atoms with Crippen LogP contribution in [0.4, 0.5) is 0 Å². The van der Waals surface area contributed by atoms with E-state index in [4.69, 9.17) is 16.0 Å². The zero-order valence-electron chi connectivity index (χ0n) is 21.7. The van der Waals surface area contributed by atoms with E-state index >= 15 is 0 Å². The van der Waals surface area contributed by atoms with Crippen molar-refractivity contribution >= 4 is 40.5 Å². The van der Waals surface area contributed by atoms with Crippen molar-refractivity contribution in [2.75, 3.05) is 13.1 Å². The van der Waals surface area contributed by atoms with Gasteiger partial charge in [0.25, 0.3) is 17.4 Å². The fourth-order valence-electron chi connectivity index (χ4n) is 5.77. The van der Waals surface area contributed by atoms with Crippen LogP contribution in [-0.2, 0) is 11.3 Å². The fraction of sp³-hybridized carbons (Fsp3) is 0.226. The molecule has 2 aliphatic rings. The number of rotatable bonds is 4. The lowest BCUT2D eigenvalue weighted by molar-refractivity contribution is -0.130. The second-order valence-corrected chi connectivity index (χ2v) is 10.8. The summed E-state index contributed by atoms with van der Waals surface area (Å²) in [5.74, 6) is -0.781. The van der Waals surface area contributed by atoms with Crippen LogP contribution in [0.5, 0.6) is 0 Å². The standard InChI is InChI=1S/C31H26ClN3O5/c1-18-5-2-3-6-23(18)30(38)33-25(12-21-17-40-27-10-9-22(32)13-24(27)29(21)37)31(39)34-14-19-11-20(16-34)26-7-4-8-28(36)35(26)15-19/h2-10,12-13,17,19-20H,11,14-16H2,1H3,(H,33,38)/b25-12-. The highest BCUT2D eigenvalue weighted by atomic mass is 35.5. The predicted molar refractivity (Wildman–Crippen MR) is 152 cm³/mol. The van der Waals surface area contributed by atoms with E-state index in [1.807, 2.05) is 25.1 Å². The summed E-state index contributed by atoms with van der Waals surface area (Å²) in [5.41, 5.74) is 2.10. The zero-order valence-corrected chi connectivity index (χ0v) is 22.5. The maximum absolute atomic E-state index is 14.0. The topological polar surface area (TPSA) is 102 Å². The maximum atomic E-state index is 14.0. The van der Waals surface area contributed by atoms with Gasteiger partial charge in [-0.1, -0.05) is 35.9 Å². The first-order chi connectivity index (χ1) is 19.3. The Hall–Kier alpha value is -4.43. The molecular weight excluding hydrogens is 530 g/mol. The van der Waals surface area contributed by atoms with Gasteiger partial charge in [-0.3, -0.25) is 19.2 Å². The van der Waals surface area contributed by atoms with Gasteiger partial charge in [0.1, 0.15) is 17.5 Å². The van der Waals surface area contributed by atoms with Gasteiger partial charge in [-0.25, -0.2) is 0 Å². The molecule has 6 rings (SSSR count). The number of aryl methyl sites for hydroxylation is 1. The van der Waals surface area contributed by atoms with Crippen molar-refractivity contribution in [3.8, 4) is 0 Å². The Morgan fingerprint density at radius 3 is 2.67 bits per heavy atom. The Morgan fingerprint density at radius 2 is 1.85 bits per heavy atom. The third-order valence-electron chi connectivity index (χ3n) is 7.70. The van der Waals surface area contributed by atoms with Crippen LogP contribution >= 0.6 is 11.6 Å². The highest BCUT2D eigenvalue weighted by molar-refractivity contribution is 6.31. The Morgan fingerprint density at radius 1 is 1.02 bits per heavy atom. The first-order valence-electron chi connectivity index (χ1n) is 13.1. The second kappa shape index (κ2) is 10.3. The number of nitrogens with one attached hydrogen (secondary N) is 1. The van der Waals surface area contributed by atoms with Crippen molar-refractivity contribution in [2.45, 2.75) is 25.8 Å². The average molecular weight is 556 g/mol. The molecule has 8 nitrogen and oxygen atoms in total. The molecule has 202 valence electrons. The lowest BCUT2D eigenvalue weighted by Crippen LogP contribution is -2.50. The molecule has 2 aromatic carbocycles. The number of piperidine rings is 1. The molecule has 2 atom stereocenters. The van der Waals surface area contributed by atoms with Gasteiger partial charge in [-0.2, -0.15) is 0 Å². The number of aromatic nitrogens is 1. The van der Waals surface area contributed by atoms with Gasteiger partial charge in [0.2, 0.25) is 0 Å². The molecule has 0 saturated carbocycles. The number of carbonyl (C=O) groups is 2. The third kappa shape index (κ3) is 4.75. The molecule has 2 amide bonds. The van der Waals surface area contributed by atoms with Crippen molar-refractivity contribution in [1.29, 1.82) is 0 Å². The summed E-state index contributed by atoms with van der Waals surface area (Å²) < 4.78 is 7.45. The van der Waals surface area contributed by atoms with E-state index in [0.29, 0.717) is 35.8 Å². The van der Waals surface area contributed by atoms with E-state index in [2.05, 4.69) is 5.32 Å². The first kappa shape index (κ1) is 25.8. The van der Waals surface area contributed by atoms with Crippen LogP contribution in [0.15, 0.2) is 86.6 Å². The van der Waals surface area contributed by atoms with Gasteiger partial charge in [-0.15, -0.1) is 0 Å². The van der Waals surface area contributed by atoms with E-state index in [-0.39, 0.29) is 39.5 Å². The number of likely N-dealkylation sites (tertiary alicyclic amines) is 1. The second-order valence-electron chi connectivity index (χ2n) is 10.4. The van der Waals surface area contributed by atoms with E-state index in [1.54, 1.807) is 45.9 Å². The van der Waals surface area contributed by atoms with Gasteiger partial charge < -0.3 is 19.2 Å². The normalized spacial score (nSPS) is 18.4.